The molecule has 1 aliphatic rings. The second-order valence-electron chi connectivity index (χ2n) is 4.68. The number of fused-ring (bicyclic) bond motifs is 1. The molecule has 2 aromatic heterocycles. The predicted molar refractivity (Wildman–Crippen MR) is 64.9 cm³/mol. The largest absolute Gasteiger partial charge is 0.394 e. The zero-order valence-electron chi connectivity index (χ0n) is 10.5. The molecule has 0 spiro atoms. The molecule has 1 fully saturated rings. The van der Waals surface area contributed by atoms with E-state index >= 15 is 0 Å². The molecule has 0 saturated carbocycles. The van der Waals surface area contributed by atoms with Crippen molar-refractivity contribution in [3.05, 3.63) is 18.1 Å². The number of halogens is 2. The highest BCUT2D eigenvalue weighted by Gasteiger charge is 2.44. The van der Waals surface area contributed by atoms with Gasteiger partial charge in [0.1, 0.15) is 29.3 Å². The molecule has 0 unspecified atom stereocenters. The van der Waals surface area contributed by atoms with E-state index in [9.17, 15) is 19.0 Å². The number of aliphatic hydroxyl groups is 3. The third-order valence-corrected chi connectivity index (χ3v) is 3.44. The highest BCUT2D eigenvalue weighted by atomic mass is 19.2. The van der Waals surface area contributed by atoms with E-state index in [0.717, 1.165) is 10.9 Å². The van der Waals surface area contributed by atoms with Crippen LogP contribution in [0.15, 0.2) is 6.33 Å². The number of nitrogens with zero attached hydrogens (tertiary/aromatic N) is 3. The summed E-state index contributed by atoms with van der Waals surface area (Å²) in [5.41, 5.74) is 5.04. The van der Waals surface area contributed by atoms with Gasteiger partial charge in [0, 0.05) is 0 Å². The summed E-state index contributed by atoms with van der Waals surface area (Å²) in [6.45, 7) is -0.540. The first kappa shape index (κ1) is 14.1. The minimum Gasteiger partial charge on any atom is -0.394 e. The van der Waals surface area contributed by atoms with Gasteiger partial charge in [-0.05, 0) is 0 Å². The van der Waals surface area contributed by atoms with Crippen LogP contribution in [0, 0.1) is 11.8 Å². The number of hydrogen-bond acceptors (Lipinski definition) is 7. The highest BCUT2D eigenvalue weighted by molar-refractivity contribution is 5.85. The number of rotatable bonds is 2. The summed E-state index contributed by atoms with van der Waals surface area (Å²) in [4.78, 5) is 6.98. The van der Waals surface area contributed by atoms with Gasteiger partial charge in [0.2, 0.25) is 5.82 Å². The third-order valence-electron chi connectivity index (χ3n) is 3.44. The Bertz CT molecular complexity index is 694. The molecule has 0 radical (unpaired) electrons. The van der Waals surface area contributed by atoms with Gasteiger partial charge in [0.25, 0.3) is 5.95 Å². The SMILES string of the molecule is Nc1nc(F)c(F)c2c1ncn2[C@H]1O[C@H](CO)[C@@H](O)[C@H]1O. The fraction of sp³-hybridized carbons (Fsp3) is 0.455. The van der Waals surface area contributed by atoms with Crippen molar-refractivity contribution in [1.29, 1.82) is 0 Å². The van der Waals surface area contributed by atoms with Crippen molar-refractivity contribution in [2.24, 2.45) is 0 Å². The van der Waals surface area contributed by atoms with Gasteiger partial charge >= 0.3 is 0 Å². The Morgan fingerprint density at radius 1 is 1.33 bits per heavy atom. The number of aliphatic hydroxyl groups excluding tert-OH is 3. The highest BCUT2D eigenvalue weighted by Crippen LogP contribution is 2.33. The van der Waals surface area contributed by atoms with E-state index in [1.165, 1.54) is 0 Å². The Kier molecular flexibility index (Phi) is 3.24. The maximum atomic E-state index is 13.9. The average Bonchev–Trinajstić information content (AvgIpc) is 3.00. The first-order chi connectivity index (χ1) is 9.95. The molecule has 4 atom stereocenters. The van der Waals surface area contributed by atoms with Crippen molar-refractivity contribution in [3.63, 3.8) is 0 Å². The molecule has 3 heterocycles. The van der Waals surface area contributed by atoms with Crippen LogP contribution in [0.3, 0.4) is 0 Å². The Morgan fingerprint density at radius 3 is 2.67 bits per heavy atom. The number of imidazole rings is 1. The lowest BCUT2D eigenvalue weighted by Crippen LogP contribution is -2.33. The lowest BCUT2D eigenvalue weighted by atomic mass is 10.1. The van der Waals surface area contributed by atoms with Crippen molar-refractivity contribution in [2.45, 2.75) is 24.5 Å². The molecular weight excluding hydrogens is 290 g/mol. The van der Waals surface area contributed by atoms with Gasteiger partial charge in [0.15, 0.2) is 12.0 Å². The Labute approximate surface area is 116 Å². The monoisotopic (exact) mass is 302 g/mol. The molecule has 114 valence electrons. The Hall–Kier alpha value is -1.88. The topological polar surface area (TPSA) is 127 Å². The number of ether oxygens (including phenoxy) is 1. The van der Waals surface area contributed by atoms with E-state index < -0.39 is 42.9 Å². The molecule has 0 aromatic carbocycles. The zero-order valence-corrected chi connectivity index (χ0v) is 10.5. The number of nitrogens with two attached hydrogens (primary N) is 1. The number of hydrogen-bond donors (Lipinski definition) is 4. The van der Waals surface area contributed by atoms with Crippen molar-refractivity contribution < 1.29 is 28.8 Å². The number of pyridine rings is 1. The van der Waals surface area contributed by atoms with E-state index in [1.807, 2.05) is 0 Å². The van der Waals surface area contributed by atoms with Crippen LogP contribution in [0.25, 0.3) is 11.0 Å². The molecule has 0 amide bonds. The maximum Gasteiger partial charge on any atom is 0.253 e. The lowest BCUT2D eigenvalue weighted by molar-refractivity contribution is -0.0510. The van der Waals surface area contributed by atoms with Crippen molar-refractivity contribution in [3.8, 4) is 0 Å². The Balaban J connectivity index is 2.14. The van der Waals surface area contributed by atoms with E-state index in [-0.39, 0.29) is 16.9 Å². The van der Waals surface area contributed by atoms with Gasteiger partial charge in [-0.1, -0.05) is 0 Å². The quantitative estimate of drug-likeness (QED) is 0.519. The first-order valence-electron chi connectivity index (χ1n) is 6.05. The third kappa shape index (κ3) is 1.95. The van der Waals surface area contributed by atoms with Crippen molar-refractivity contribution in [1.82, 2.24) is 14.5 Å². The smallest absolute Gasteiger partial charge is 0.253 e. The summed E-state index contributed by atoms with van der Waals surface area (Å²) < 4.78 is 33.6. The van der Waals surface area contributed by atoms with Gasteiger partial charge in [-0.25, -0.2) is 4.98 Å². The van der Waals surface area contributed by atoms with Crippen LogP contribution in [0.1, 0.15) is 6.23 Å². The molecule has 21 heavy (non-hydrogen) atoms. The van der Waals surface area contributed by atoms with Gasteiger partial charge < -0.3 is 25.8 Å². The second-order valence-corrected chi connectivity index (χ2v) is 4.68. The van der Waals surface area contributed by atoms with Crippen molar-refractivity contribution in [2.75, 3.05) is 12.3 Å². The molecular formula is C11H12F2N4O4. The lowest BCUT2D eigenvalue weighted by Gasteiger charge is -2.17. The van der Waals surface area contributed by atoms with E-state index in [0.29, 0.717) is 0 Å². The molecule has 10 heteroatoms. The molecule has 1 aliphatic heterocycles. The standard InChI is InChI=1S/C11H12F2N4O4/c12-4-6-5(10(14)16-9(4)13)15-2-17(6)11-8(20)7(19)3(1-18)21-11/h2-3,7-8,11,18-20H,1H2,(H2,14,16)/t3-,7-,8-,11+/m1/s1. The molecule has 1 saturated heterocycles. The van der Waals surface area contributed by atoms with Crippen LogP contribution >= 0.6 is 0 Å². The summed E-state index contributed by atoms with van der Waals surface area (Å²) in [6.07, 6.45) is -4.01. The van der Waals surface area contributed by atoms with E-state index in [4.69, 9.17) is 15.6 Å². The number of aromatic nitrogens is 3. The molecule has 3 rings (SSSR count). The zero-order chi connectivity index (χ0) is 15.3. The number of anilines is 1. The summed E-state index contributed by atoms with van der Waals surface area (Å²) in [5.74, 6) is -3.02. The van der Waals surface area contributed by atoms with E-state index in [1.54, 1.807) is 0 Å². The second kappa shape index (κ2) is 4.84. The number of nitrogen functional groups attached to an aromatic ring is 1. The van der Waals surface area contributed by atoms with Crippen LogP contribution < -0.4 is 5.73 Å². The van der Waals surface area contributed by atoms with Gasteiger partial charge in [-0.15, -0.1) is 0 Å². The van der Waals surface area contributed by atoms with Crippen LogP contribution in [-0.2, 0) is 4.74 Å². The van der Waals surface area contributed by atoms with Crippen molar-refractivity contribution >= 4 is 16.9 Å². The summed E-state index contributed by atoms with van der Waals surface area (Å²) in [5, 5.41) is 28.7. The normalized spacial score (nSPS) is 29.4. The molecule has 0 aliphatic carbocycles. The fourth-order valence-electron chi connectivity index (χ4n) is 2.37. The predicted octanol–water partition coefficient (Wildman–Crippen LogP) is -1.10. The molecule has 0 bridgehead atoms. The summed E-state index contributed by atoms with van der Waals surface area (Å²) in [6, 6.07) is 0. The van der Waals surface area contributed by atoms with Gasteiger partial charge in [0.05, 0.1) is 12.9 Å². The molecule has 8 nitrogen and oxygen atoms in total. The maximum absolute atomic E-state index is 13.9. The molecule has 2 aromatic rings. The summed E-state index contributed by atoms with van der Waals surface area (Å²) >= 11 is 0. The summed E-state index contributed by atoms with van der Waals surface area (Å²) in [7, 11) is 0. The van der Waals surface area contributed by atoms with Gasteiger partial charge in [-0.2, -0.15) is 13.8 Å². The van der Waals surface area contributed by atoms with E-state index in [2.05, 4.69) is 9.97 Å². The average molecular weight is 302 g/mol. The Morgan fingerprint density at radius 2 is 2.05 bits per heavy atom. The van der Waals surface area contributed by atoms with Crippen LogP contribution in [-0.4, -0.2) is 54.8 Å². The van der Waals surface area contributed by atoms with Crippen LogP contribution in [0.5, 0.6) is 0 Å². The first-order valence-corrected chi connectivity index (χ1v) is 6.05. The molecule has 5 N–H and O–H groups in total. The minimum absolute atomic E-state index is 0.0911. The minimum atomic E-state index is -1.45. The van der Waals surface area contributed by atoms with Crippen LogP contribution in [0.4, 0.5) is 14.6 Å². The fourth-order valence-corrected chi connectivity index (χ4v) is 2.37. The van der Waals surface area contributed by atoms with Gasteiger partial charge in [-0.3, -0.25) is 4.57 Å². The van der Waals surface area contributed by atoms with Crippen LogP contribution in [0.2, 0.25) is 0 Å².